The minimum Gasteiger partial charge on any atom is -0.355 e. The highest BCUT2D eigenvalue weighted by Crippen LogP contribution is 2.28. The zero-order chi connectivity index (χ0) is 15.5. The fraction of sp³-hybridized carbons (Fsp3) is 0.312. The number of nitrogens with one attached hydrogen (secondary N) is 1. The molecule has 2 aromatic rings. The molecule has 0 atom stereocenters. The first-order valence-corrected chi connectivity index (χ1v) is 7.14. The Bertz CT molecular complexity index is 719. The normalized spacial score (nSPS) is 14.3. The maximum atomic E-state index is 13.7. The van der Waals surface area contributed by atoms with Crippen LogP contribution in [0.3, 0.4) is 0 Å². The van der Waals surface area contributed by atoms with E-state index in [0.717, 1.165) is 24.5 Å². The summed E-state index contributed by atoms with van der Waals surface area (Å²) in [4.78, 5) is 10.8. The molecule has 3 rings (SSSR count). The van der Waals surface area contributed by atoms with Crippen molar-refractivity contribution in [2.45, 2.75) is 13.3 Å². The van der Waals surface area contributed by atoms with Gasteiger partial charge in [0, 0.05) is 37.2 Å². The molecule has 0 saturated carbocycles. The maximum Gasteiger partial charge on any atom is 0.229 e. The van der Waals surface area contributed by atoms with E-state index >= 15 is 0 Å². The highest BCUT2D eigenvalue weighted by molar-refractivity contribution is 5.57. The molecule has 1 saturated heterocycles. The monoisotopic (exact) mass is 297 g/mol. The summed E-state index contributed by atoms with van der Waals surface area (Å²) < 4.78 is 13.7. The van der Waals surface area contributed by atoms with Crippen LogP contribution in [-0.2, 0) is 0 Å². The third-order valence-corrected chi connectivity index (χ3v) is 3.70. The summed E-state index contributed by atoms with van der Waals surface area (Å²) >= 11 is 0. The van der Waals surface area contributed by atoms with Crippen LogP contribution in [0.5, 0.6) is 0 Å². The fourth-order valence-electron chi connectivity index (χ4n) is 2.50. The Morgan fingerprint density at radius 2 is 2.18 bits per heavy atom. The number of hydrogen-bond donors (Lipinski definition) is 1. The number of nitriles is 1. The summed E-state index contributed by atoms with van der Waals surface area (Å²) in [5, 5.41) is 11.6. The van der Waals surface area contributed by atoms with Crippen LogP contribution in [0.25, 0.3) is 0 Å². The Morgan fingerprint density at radius 1 is 1.41 bits per heavy atom. The van der Waals surface area contributed by atoms with E-state index in [0.29, 0.717) is 24.0 Å². The SMILES string of the molecule is Cc1cnc(Nc2ccccc2F)nc1N1CC(CC#N)C1. The number of nitrogens with zero attached hydrogens (tertiary/aromatic N) is 4. The zero-order valence-electron chi connectivity index (χ0n) is 12.3. The standard InChI is InChI=1S/C16H16FN5/c1-11-8-19-16(20-14-5-3-2-4-13(14)17)21-15(11)22-9-12(10-22)6-7-18/h2-5,8,12H,6,9-10H2,1H3,(H,19,20,21). The largest absolute Gasteiger partial charge is 0.355 e. The van der Waals surface area contributed by atoms with Gasteiger partial charge in [-0.2, -0.15) is 10.2 Å². The van der Waals surface area contributed by atoms with E-state index in [4.69, 9.17) is 5.26 Å². The molecule has 0 radical (unpaired) electrons. The number of benzene rings is 1. The molecule has 0 unspecified atom stereocenters. The number of rotatable bonds is 4. The molecule has 0 amide bonds. The van der Waals surface area contributed by atoms with E-state index in [9.17, 15) is 4.39 Å². The van der Waals surface area contributed by atoms with Crippen LogP contribution in [0.2, 0.25) is 0 Å². The van der Waals surface area contributed by atoms with Crippen molar-refractivity contribution in [3.8, 4) is 6.07 Å². The molecular weight excluding hydrogens is 281 g/mol. The first-order valence-electron chi connectivity index (χ1n) is 7.14. The third-order valence-electron chi connectivity index (χ3n) is 3.70. The van der Waals surface area contributed by atoms with Crippen LogP contribution >= 0.6 is 0 Å². The van der Waals surface area contributed by atoms with Crippen molar-refractivity contribution in [2.24, 2.45) is 5.92 Å². The van der Waals surface area contributed by atoms with Gasteiger partial charge in [-0.25, -0.2) is 9.37 Å². The maximum absolute atomic E-state index is 13.7. The van der Waals surface area contributed by atoms with Crippen molar-refractivity contribution in [1.29, 1.82) is 5.26 Å². The van der Waals surface area contributed by atoms with Crippen molar-refractivity contribution in [3.63, 3.8) is 0 Å². The number of para-hydroxylation sites is 1. The van der Waals surface area contributed by atoms with Crippen molar-refractivity contribution >= 4 is 17.5 Å². The molecule has 0 aliphatic carbocycles. The Balaban J connectivity index is 1.76. The van der Waals surface area contributed by atoms with Crippen LogP contribution in [0.4, 0.5) is 21.8 Å². The highest BCUT2D eigenvalue weighted by Gasteiger charge is 2.28. The van der Waals surface area contributed by atoms with E-state index in [1.807, 2.05) is 6.92 Å². The summed E-state index contributed by atoms with van der Waals surface area (Å²) in [5.41, 5.74) is 1.32. The molecule has 1 aliphatic heterocycles. The van der Waals surface area contributed by atoms with Gasteiger partial charge in [-0.05, 0) is 19.1 Å². The first kappa shape index (κ1) is 14.3. The lowest BCUT2D eigenvalue weighted by atomic mass is 9.97. The minimum absolute atomic E-state index is 0.341. The molecule has 0 bridgehead atoms. The predicted molar refractivity (Wildman–Crippen MR) is 82.4 cm³/mol. The van der Waals surface area contributed by atoms with Gasteiger partial charge in [0.25, 0.3) is 0 Å². The number of anilines is 3. The molecule has 112 valence electrons. The summed E-state index contributed by atoms with van der Waals surface area (Å²) in [5.74, 6) is 1.27. The van der Waals surface area contributed by atoms with Gasteiger partial charge in [0.05, 0.1) is 11.8 Å². The Labute approximate surface area is 128 Å². The highest BCUT2D eigenvalue weighted by atomic mass is 19.1. The molecule has 1 N–H and O–H groups in total. The molecule has 2 heterocycles. The second kappa shape index (κ2) is 5.98. The molecule has 1 aliphatic rings. The van der Waals surface area contributed by atoms with E-state index in [1.54, 1.807) is 24.4 Å². The Hall–Kier alpha value is -2.68. The molecule has 0 spiro atoms. The van der Waals surface area contributed by atoms with Gasteiger partial charge in [0.2, 0.25) is 5.95 Å². The van der Waals surface area contributed by atoms with Gasteiger partial charge in [-0.3, -0.25) is 0 Å². The topological polar surface area (TPSA) is 64.8 Å². The fourth-order valence-corrected chi connectivity index (χ4v) is 2.50. The molecule has 1 aromatic heterocycles. The van der Waals surface area contributed by atoms with Crippen LogP contribution < -0.4 is 10.2 Å². The van der Waals surface area contributed by atoms with Crippen LogP contribution in [-0.4, -0.2) is 23.1 Å². The summed E-state index contributed by atoms with van der Waals surface area (Å²) in [6.45, 7) is 3.59. The van der Waals surface area contributed by atoms with Crippen LogP contribution in [0, 0.1) is 30.0 Å². The number of hydrogen-bond acceptors (Lipinski definition) is 5. The van der Waals surface area contributed by atoms with Gasteiger partial charge in [0.15, 0.2) is 0 Å². The first-order chi connectivity index (χ1) is 10.7. The van der Waals surface area contributed by atoms with Crippen LogP contribution in [0.15, 0.2) is 30.5 Å². The Kier molecular flexibility index (Phi) is 3.88. The van der Waals surface area contributed by atoms with Crippen molar-refractivity contribution in [1.82, 2.24) is 9.97 Å². The van der Waals surface area contributed by atoms with Crippen LogP contribution in [0.1, 0.15) is 12.0 Å². The van der Waals surface area contributed by atoms with E-state index in [-0.39, 0.29) is 5.82 Å². The zero-order valence-corrected chi connectivity index (χ0v) is 12.3. The molecule has 22 heavy (non-hydrogen) atoms. The lowest BCUT2D eigenvalue weighted by Gasteiger charge is -2.39. The van der Waals surface area contributed by atoms with Gasteiger partial charge < -0.3 is 10.2 Å². The quantitative estimate of drug-likeness (QED) is 0.939. The van der Waals surface area contributed by atoms with E-state index in [1.165, 1.54) is 6.07 Å². The van der Waals surface area contributed by atoms with Gasteiger partial charge in [0.1, 0.15) is 11.6 Å². The number of halogens is 1. The van der Waals surface area contributed by atoms with Gasteiger partial charge in [-0.1, -0.05) is 12.1 Å². The summed E-state index contributed by atoms with van der Waals surface area (Å²) in [6, 6.07) is 8.61. The van der Waals surface area contributed by atoms with Crippen molar-refractivity contribution in [2.75, 3.05) is 23.3 Å². The lowest BCUT2D eigenvalue weighted by Crippen LogP contribution is -2.47. The number of aryl methyl sites for hydroxylation is 1. The minimum atomic E-state index is -0.341. The lowest BCUT2D eigenvalue weighted by molar-refractivity contribution is 0.414. The molecule has 5 nitrogen and oxygen atoms in total. The average molecular weight is 297 g/mol. The van der Waals surface area contributed by atoms with Crippen molar-refractivity contribution in [3.05, 3.63) is 41.8 Å². The van der Waals surface area contributed by atoms with E-state index in [2.05, 4.69) is 26.3 Å². The number of aromatic nitrogens is 2. The molecule has 6 heteroatoms. The molecule has 1 fully saturated rings. The average Bonchev–Trinajstić information content (AvgIpc) is 2.47. The predicted octanol–water partition coefficient (Wildman–Crippen LogP) is 3.02. The molecule has 1 aromatic carbocycles. The summed E-state index contributed by atoms with van der Waals surface area (Å²) in [6.07, 6.45) is 2.30. The van der Waals surface area contributed by atoms with Gasteiger partial charge >= 0.3 is 0 Å². The third kappa shape index (κ3) is 2.84. The second-order valence-electron chi connectivity index (χ2n) is 5.44. The van der Waals surface area contributed by atoms with Gasteiger partial charge in [-0.15, -0.1) is 0 Å². The smallest absolute Gasteiger partial charge is 0.229 e. The molecular formula is C16H16FN5. The Morgan fingerprint density at radius 3 is 2.91 bits per heavy atom. The summed E-state index contributed by atoms with van der Waals surface area (Å²) in [7, 11) is 0. The van der Waals surface area contributed by atoms with Crippen molar-refractivity contribution < 1.29 is 4.39 Å². The van der Waals surface area contributed by atoms with E-state index < -0.39 is 0 Å². The second-order valence-corrected chi connectivity index (χ2v) is 5.44.